The molecule has 2 aromatic heterocycles. The summed E-state index contributed by atoms with van der Waals surface area (Å²) in [5.74, 6) is -0.264. The average Bonchev–Trinajstić information content (AvgIpc) is 3.28. The largest absolute Gasteiger partial charge is 0.350 e. The first kappa shape index (κ1) is 17.9. The summed E-state index contributed by atoms with van der Waals surface area (Å²) in [7, 11) is 0. The highest BCUT2D eigenvalue weighted by Crippen LogP contribution is 2.30. The smallest absolute Gasteiger partial charge is 0.254 e. The molecule has 134 valence electrons. The summed E-state index contributed by atoms with van der Waals surface area (Å²) in [6.07, 6.45) is 3.86. The third-order valence-electron chi connectivity index (χ3n) is 4.16. The second-order valence-corrected chi connectivity index (χ2v) is 7.13. The van der Waals surface area contributed by atoms with Gasteiger partial charge in [0.2, 0.25) is 0 Å². The summed E-state index contributed by atoms with van der Waals surface area (Å²) in [5, 5.41) is 6.63. The Labute approximate surface area is 156 Å². The van der Waals surface area contributed by atoms with E-state index in [1.54, 1.807) is 23.5 Å². The van der Waals surface area contributed by atoms with Gasteiger partial charge in [-0.3, -0.25) is 9.59 Å². The summed E-state index contributed by atoms with van der Waals surface area (Å²) in [4.78, 5) is 25.8. The molecule has 0 aliphatic carbocycles. The molecule has 1 aromatic carbocycles. The minimum absolute atomic E-state index is 0.121. The van der Waals surface area contributed by atoms with Gasteiger partial charge >= 0.3 is 0 Å². The molecule has 5 nitrogen and oxygen atoms in total. The first-order valence-corrected chi connectivity index (χ1v) is 9.24. The number of carbonyl (C=O) groups excluding carboxylic acids is 2. The zero-order chi connectivity index (χ0) is 18.5. The van der Waals surface area contributed by atoms with Crippen LogP contribution in [-0.4, -0.2) is 29.5 Å². The monoisotopic (exact) mass is 367 g/mol. The van der Waals surface area contributed by atoms with E-state index in [-0.39, 0.29) is 11.8 Å². The zero-order valence-electron chi connectivity index (χ0n) is 14.8. The number of thiophene rings is 1. The van der Waals surface area contributed by atoms with Crippen LogP contribution in [0.5, 0.6) is 0 Å². The Balaban J connectivity index is 1.60. The van der Waals surface area contributed by atoms with Crippen LogP contribution in [0.4, 0.5) is 0 Å². The van der Waals surface area contributed by atoms with E-state index in [1.807, 2.05) is 61.1 Å². The minimum atomic E-state index is -0.143. The van der Waals surface area contributed by atoms with Crippen molar-refractivity contribution in [3.05, 3.63) is 76.4 Å². The maximum Gasteiger partial charge on any atom is 0.254 e. The second-order valence-electron chi connectivity index (χ2n) is 5.93. The van der Waals surface area contributed by atoms with E-state index in [4.69, 9.17) is 0 Å². The molecule has 6 heteroatoms. The lowest BCUT2D eigenvalue weighted by Gasteiger charge is -2.09. The number of amides is 2. The predicted molar refractivity (Wildman–Crippen MR) is 104 cm³/mol. The van der Waals surface area contributed by atoms with Gasteiger partial charge in [-0.05, 0) is 43.7 Å². The molecule has 26 heavy (non-hydrogen) atoms. The summed E-state index contributed by atoms with van der Waals surface area (Å²) in [6, 6.07) is 12.9. The molecule has 0 radical (unpaired) electrons. The van der Waals surface area contributed by atoms with Crippen LogP contribution in [0.3, 0.4) is 0 Å². The van der Waals surface area contributed by atoms with Crippen molar-refractivity contribution < 1.29 is 9.59 Å². The Bertz CT molecular complexity index is 899. The van der Waals surface area contributed by atoms with E-state index in [2.05, 4.69) is 10.6 Å². The van der Waals surface area contributed by atoms with E-state index in [9.17, 15) is 9.59 Å². The van der Waals surface area contributed by atoms with Crippen molar-refractivity contribution in [2.24, 2.45) is 0 Å². The van der Waals surface area contributed by atoms with Gasteiger partial charge in [0.1, 0.15) is 5.00 Å². The number of hydrogen-bond donors (Lipinski definition) is 2. The topological polar surface area (TPSA) is 63.1 Å². The summed E-state index contributed by atoms with van der Waals surface area (Å²) in [6.45, 7) is 4.73. The second kappa shape index (κ2) is 8.01. The molecule has 0 unspecified atom stereocenters. The van der Waals surface area contributed by atoms with Crippen LogP contribution in [0.25, 0.3) is 5.00 Å². The van der Waals surface area contributed by atoms with Crippen molar-refractivity contribution in [1.82, 2.24) is 15.2 Å². The average molecular weight is 367 g/mol. The molecule has 2 heterocycles. The van der Waals surface area contributed by atoms with Gasteiger partial charge in [-0.25, -0.2) is 0 Å². The fourth-order valence-electron chi connectivity index (χ4n) is 2.66. The molecule has 0 aliphatic heterocycles. The Kier molecular flexibility index (Phi) is 5.53. The van der Waals surface area contributed by atoms with Crippen molar-refractivity contribution >= 4 is 23.2 Å². The quantitative estimate of drug-likeness (QED) is 0.657. The Morgan fingerprint density at radius 3 is 2.19 bits per heavy atom. The van der Waals surface area contributed by atoms with Gasteiger partial charge in [-0.1, -0.05) is 18.2 Å². The van der Waals surface area contributed by atoms with Crippen LogP contribution in [0.1, 0.15) is 31.2 Å². The molecule has 3 aromatic rings. The lowest BCUT2D eigenvalue weighted by atomic mass is 10.1. The van der Waals surface area contributed by atoms with Crippen LogP contribution in [0.15, 0.2) is 54.9 Å². The van der Waals surface area contributed by atoms with Crippen molar-refractivity contribution in [3.63, 3.8) is 0 Å². The van der Waals surface area contributed by atoms with Crippen molar-refractivity contribution in [1.29, 1.82) is 0 Å². The number of nitrogens with one attached hydrogen (secondary N) is 2. The zero-order valence-corrected chi connectivity index (χ0v) is 15.6. The Hall–Kier alpha value is -2.86. The van der Waals surface area contributed by atoms with E-state index >= 15 is 0 Å². The molecule has 0 atom stereocenters. The highest BCUT2D eigenvalue weighted by atomic mass is 32.1. The van der Waals surface area contributed by atoms with Gasteiger partial charge in [0.05, 0.1) is 5.56 Å². The highest BCUT2D eigenvalue weighted by Gasteiger charge is 2.20. The number of nitrogens with zero attached hydrogens (tertiary/aromatic N) is 1. The van der Waals surface area contributed by atoms with Gasteiger partial charge in [-0.2, -0.15) is 0 Å². The minimum Gasteiger partial charge on any atom is -0.350 e. The fraction of sp³-hybridized carbons (Fsp3) is 0.200. The number of hydrogen-bond acceptors (Lipinski definition) is 3. The highest BCUT2D eigenvalue weighted by molar-refractivity contribution is 7.15. The lowest BCUT2D eigenvalue weighted by molar-refractivity contribution is 0.0927. The number of aromatic nitrogens is 1. The Morgan fingerprint density at radius 1 is 0.923 bits per heavy atom. The molecule has 0 saturated carbocycles. The molecule has 0 bridgehead atoms. The van der Waals surface area contributed by atoms with E-state index in [1.165, 1.54) is 0 Å². The van der Waals surface area contributed by atoms with Crippen molar-refractivity contribution in [2.45, 2.75) is 13.8 Å². The molecule has 3 rings (SSSR count). The third-order valence-corrected chi connectivity index (χ3v) is 5.39. The first-order chi connectivity index (χ1) is 12.6. The molecule has 0 saturated heterocycles. The molecular weight excluding hydrogens is 346 g/mol. The van der Waals surface area contributed by atoms with E-state index in [0.717, 1.165) is 15.4 Å². The maximum absolute atomic E-state index is 12.7. The van der Waals surface area contributed by atoms with Crippen molar-refractivity contribution in [3.8, 4) is 5.00 Å². The number of carbonyl (C=O) groups is 2. The van der Waals surface area contributed by atoms with Gasteiger partial charge in [0.25, 0.3) is 11.8 Å². The first-order valence-electron chi connectivity index (χ1n) is 8.42. The molecule has 0 fully saturated rings. The number of rotatable bonds is 6. The fourth-order valence-corrected chi connectivity index (χ4v) is 3.78. The van der Waals surface area contributed by atoms with Crippen LogP contribution in [-0.2, 0) is 0 Å². The molecule has 2 N–H and O–H groups in total. The SMILES string of the molecule is Cc1sc(-n2cccc2)c(C(=O)NCCNC(=O)c2ccccc2)c1C. The van der Waals surface area contributed by atoms with Crippen LogP contribution >= 0.6 is 11.3 Å². The summed E-state index contributed by atoms with van der Waals surface area (Å²) < 4.78 is 1.96. The van der Waals surface area contributed by atoms with Crippen molar-refractivity contribution in [2.75, 3.05) is 13.1 Å². The van der Waals surface area contributed by atoms with Crippen LogP contribution < -0.4 is 10.6 Å². The third kappa shape index (κ3) is 3.86. The molecule has 0 spiro atoms. The number of aryl methyl sites for hydroxylation is 1. The number of benzene rings is 1. The molecule has 0 aliphatic rings. The van der Waals surface area contributed by atoms with E-state index in [0.29, 0.717) is 24.2 Å². The predicted octanol–water partition coefficient (Wildman–Crippen LogP) is 3.32. The van der Waals surface area contributed by atoms with Gasteiger partial charge in [0, 0.05) is 35.9 Å². The van der Waals surface area contributed by atoms with Gasteiger partial charge < -0.3 is 15.2 Å². The van der Waals surface area contributed by atoms with Crippen LogP contribution in [0, 0.1) is 13.8 Å². The summed E-state index contributed by atoms with van der Waals surface area (Å²) in [5.41, 5.74) is 2.29. The molecular formula is C20H21N3O2S. The van der Waals surface area contributed by atoms with Crippen LogP contribution in [0.2, 0.25) is 0 Å². The summed E-state index contributed by atoms with van der Waals surface area (Å²) >= 11 is 1.60. The van der Waals surface area contributed by atoms with E-state index < -0.39 is 0 Å². The van der Waals surface area contributed by atoms with Gasteiger partial charge in [-0.15, -0.1) is 11.3 Å². The lowest BCUT2D eigenvalue weighted by Crippen LogP contribution is -2.35. The normalized spacial score (nSPS) is 10.5. The van der Waals surface area contributed by atoms with Gasteiger partial charge in [0.15, 0.2) is 0 Å². The Morgan fingerprint density at radius 2 is 1.54 bits per heavy atom. The molecule has 2 amide bonds. The maximum atomic E-state index is 12.7. The standard InChI is InChI=1S/C20H21N3O2S/c1-14-15(2)26-20(23-12-6-7-13-23)17(14)19(25)22-11-10-21-18(24)16-8-4-3-5-9-16/h3-9,12-13H,10-11H2,1-2H3,(H,21,24)(H,22,25).